The van der Waals surface area contributed by atoms with Crippen LogP contribution in [0.3, 0.4) is 0 Å². The van der Waals surface area contributed by atoms with Crippen molar-refractivity contribution in [2.45, 2.75) is 19.5 Å². The Morgan fingerprint density at radius 3 is 2.80 bits per heavy atom. The van der Waals surface area contributed by atoms with E-state index in [1.807, 2.05) is 47.8 Å². The van der Waals surface area contributed by atoms with Crippen LogP contribution in [0.1, 0.15) is 21.5 Å². The number of benzene rings is 2. The van der Waals surface area contributed by atoms with Gasteiger partial charge < -0.3 is 5.32 Å². The number of halogens is 2. The number of hydrogen-bond donors (Lipinski definition) is 1. The van der Waals surface area contributed by atoms with Crippen molar-refractivity contribution in [2.24, 2.45) is 0 Å². The van der Waals surface area contributed by atoms with Crippen LogP contribution in [0.2, 0.25) is 0 Å². The predicted octanol–water partition coefficient (Wildman–Crippen LogP) is 4.73. The molecule has 3 nitrogen and oxygen atoms in total. The molecule has 0 saturated carbocycles. The van der Waals surface area contributed by atoms with Gasteiger partial charge in [-0.3, -0.25) is 9.69 Å². The largest absolute Gasteiger partial charge is 0.322 e. The number of nitrogens with one attached hydrogen (secondary N) is 1. The molecule has 1 aromatic heterocycles. The predicted molar refractivity (Wildman–Crippen MR) is 96.3 cm³/mol. The van der Waals surface area contributed by atoms with Crippen molar-refractivity contribution in [3.05, 3.63) is 64.5 Å². The van der Waals surface area contributed by atoms with E-state index < -0.39 is 6.43 Å². The molecule has 3 aromatic rings. The van der Waals surface area contributed by atoms with Crippen LogP contribution in [0, 0.1) is 0 Å². The number of nitrogens with zero attached hydrogens (tertiary/aromatic N) is 1. The van der Waals surface area contributed by atoms with E-state index in [-0.39, 0.29) is 12.5 Å². The van der Waals surface area contributed by atoms with Crippen molar-refractivity contribution in [1.29, 1.82) is 0 Å². The number of hydrogen-bond acceptors (Lipinski definition) is 3. The minimum atomic E-state index is -2.33. The molecule has 128 valence electrons. The molecule has 25 heavy (non-hydrogen) atoms. The first kappa shape index (κ1) is 16.2. The number of amides is 1. The number of anilines is 1. The Labute approximate surface area is 147 Å². The number of thiophene rings is 1. The Morgan fingerprint density at radius 2 is 1.96 bits per heavy atom. The van der Waals surface area contributed by atoms with Crippen molar-refractivity contribution in [3.63, 3.8) is 0 Å². The van der Waals surface area contributed by atoms with E-state index in [0.717, 1.165) is 21.2 Å². The van der Waals surface area contributed by atoms with Crippen molar-refractivity contribution in [1.82, 2.24) is 4.90 Å². The van der Waals surface area contributed by atoms with E-state index in [2.05, 4.69) is 5.32 Å². The van der Waals surface area contributed by atoms with Gasteiger partial charge in [-0.05, 0) is 29.3 Å². The molecule has 0 unspecified atom stereocenters. The van der Waals surface area contributed by atoms with Crippen molar-refractivity contribution < 1.29 is 13.6 Å². The molecule has 1 aliphatic rings. The van der Waals surface area contributed by atoms with Crippen molar-refractivity contribution >= 4 is 33.0 Å². The summed E-state index contributed by atoms with van der Waals surface area (Å²) in [5, 5.41) is 5.72. The smallest absolute Gasteiger partial charge is 0.257 e. The highest BCUT2D eigenvalue weighted by Gasteiger charge is 2.22. The summed E-state index contributed by atoms with van der Waals surface area (Å²) in [4.78, 5) is 14.3. The zero-order valence-corrected chi connectivity index (χ0v) is 14.2. The summed E-state index contributed by atoms with van der Waals surface area (Å²) in [5.41, 5.74) is 3.38. The van der Waals surface area contributed by atoms with Gasteiger partial charge in [0.1, 0.15) is 0 Å². The molecule has 1 aliphatic heterocycles. The summed E-state index contributed by atoms with van der Waals surface area (Å²) in [6, 6.07) is 13.4. The summed E-state index contributed by atoms with van der Waals surface area (Å²) in [6.45, 7) is 0.797. The zero-order chi connectivity index (χ0) is 17.4. The Hall–Kier alpha value is -2.31. The summed E-state index contributed by atoms with van der Waals surface area (Å²) < 4.78 is 26.2. The molecule has 0 atom stereocenters. The fourth-order valence-corrected chi connectivity index (χ4v) is 4.16. The van der Waals surface area contributed by atoms with Gasteiger partial charge in [-0.25, -0.2) is 8.78 Å². The molecule has 1 amide bonds. The van der Waals surface area contributed by atoms with Crippen molar-refractivity contribution in [2.75, 3.05) is 11.9 Å². The maximum absolute atomic E-state index is 12.6. The fraction of sp³-hybridized carbons (Fsp3) is 0.211. The third kappa shape index (κ3) is 3.27. The highest BCUT2D eigenvalue weighted by molar-refractivity contribution is 7.17. The Bertz CT molecular complexity index is 938. The minimum Gasteiger partial charge on any atom is -0.322 e. The second-order valence-electron chi connectivity index (χ2n) is 6.14. The van der Waals surface area contributed by atoms with E-state index in [9.17, 15) is 13.6 Å². The van der Waals surface area contributed by atoms with Crippen LogP contribution in [-0.4, -0.2) is 23.8 Å². The molecule has 0 saturated heterocycles. The molecule has 4 rings (SSSR count). The third-order valence-electron chi connectivity index (χ3n) is 4.37. The van der Waals surface area contributed by atoms with E-state index in [4.69, 9.17) is 0 Å². The first-order valence-corrected chi connectivity index (χ1v) is 8.88. The average molecular weight is 358 g/mol. The number of alkyl halides is 2. The highest BCUT2D eigenvalue weighted by atomic mass is 32.1. The Morgan fingerprint density at radius 1 is 1.16 bits per heavy atom. The summed E-state index contributed by atoms with van der Waals surface area (Å²) in [6.07, 6.45) is -2.33. The second kappa shape index (κ2) is 6.54. The lowest BCUT2D eigenvalue weighted by atomic mass is 10.1. The van der Waals surface area contributed by atoms with Gasteiger partial charge in [0.2, 0.25) is 0 Å². The van der Waals surface area contributed by atoms with Crippen LogP contribution < -0.4 is 5.32 Å². The topological polar surface area (TPSA) is 32.3 Å². The van der Waals surface area contributed by atoms with E-state index >= 15 is 0 Å². The first-order valence-electron chi connectivity index (χ1n) is 8.00. The van der Waals surface area contributed by atoms with Gasteiger partial charge in [-0.1, -0.05) is 24.3 Å². The lowest BCUT2D eigenvalue weighted by Crippen LogP contribution is -2.22. The molecule has 0 aliphatic carbocycles. The lowest BCUT2D eigenvalue weighted by molar-refractivity contribution is 0.0873. The highest BCUT2D eigenvalue weighted by Crippen LogP contribution is 2.28. The summed E-state index contributed by atoms with van der Waals surface area (Å²) in [5.74, 6) is -0.153. The molecule has 0 radical (unpaired) electrons. The molecule has 0 spiro atoms. The maximum Gasteiger partial charge on any atom is 0.257 e. The van der Waals surface area contributed by atoms with Crippen LogP contribution in [0.5, 0.6) is 0 Å². The summed E-state index contributed by atoms with van der Waals surface area (Å²) >= 11 is 1.54. The van der Waals surface area contributed by atoms with Gasteiger partial charge in [0, 0.05) is 34.2 Å². The molecule has 0 fully saturated rings. The number of carbonyl (C=O) groups is 1. The molecule has 6 heteroatoms. The van der Waals surface area contributed by atoms with Gasteiger partial charge in [0.05, 0.1) is 12.1 Å². The van der Waals surface area contributed by atoms with Gasteiger partial charge >= 0.3 is 0 Å². The van der Waals surface area contributed by atoms with Crippen LogP contribution in [0.15, 0.2) is 47.8 Å². The van der Waals surface area contributed by atoms with Crippen LogP contribution in [0.4, 0.5) is 14.5 Å². The average Bonchev–Trinajstić information content (AvgIpc) is 3.17. The SMILES string of the molecule is O=C(Nc1ccc2c(c1)CN(CC(F)F)C2)c1csc2ccccc12. The number of rotatable bonds is 4. The van der Waals surface area contributed by atoms with Crippen molar-refractivity contribution in [3.8, 4) is 0 Å². The molecular formula is C19H16F2N2OS. The monoisotopic (exact) mass is 358 g/mol. The molecular weight excluding hydrogens is 342 g/mol. The third-order valence-corrected chi connectivity index (χ3v) is 5.34. The van der Waals surface area contributed by atoms with E-state index in [0.29, 0.717) is 24.3 Å². The second-order valence-corrected chi connectivity index (χ2v) is 7.06. The summed E-state index contributed by atoms with van der Waals surface area (Å²) in [7, 11) is 0. The normalized spacial score (nSPS) is 14.2. The van der Waals surface area contributed by atoms with E-state index in [1.54, 1.807) is 16.2 Å². The van der Waals surface area contributed by atoms with Gasteiger partial charge in [-0.2, -0.15) is 0 Å². The van der Waals surface area contributed by atoms with Gasteiger partial charge in [0.25, 0.3) is 12.3 Å². The van der Waals surface area contributed by atoms with Gasteiger partial charge in [-0.15, -0.1) is 11.3 Å². The molecule has 1 N–H and O–H groups in total. The Balaban J connectivity index is 1.52. The lowest BCUT2D eigenvalue weighted by Gasteiger charge is -2.12. The van der Waals surface area contributed by atoms with Gasteiger partial charge in [0.15, 0.2) is 0 Å². The van der Waals surface area contributed by atoms with Crippen LogP contribution in [0.25, 0.3) is 10.1 Å². The maximum atomic E-state index is 12.6. The standard InChI is InChI=1S/C19H16F2N2OS/c20-18(21)10-23-8-12-5-6-14(7-13(12)9-23)22-19(24)16-11-25-17-4-2-1-3-15(16)17/h1-7,11,18H,8-10H2,(H,22,24). The zero-order valence-electron chi connectivity index (χ0n) is 13.3. The van der Waals surface area contributed by atoms with Crippen LogP contribution >= 0.6 is 11.3 Å². The van der Waals surface area contributed by atoms with Crippen LogP contribution in [-0.2, 0) is 13.1 Å². The molecule has 0 bridgehead atoms. The van der Waals surface area contributed by atoms with E-state index in [1.165, 1.54) is 0 Å². The molecule has 2 heterocycles. The first-order chi connectivity index (χ1) is 12.1. The fourth-order valence-electron chi connectivity index (χ4n) is 3.22. The number of carbonyl (C=O) groups excluding carboxylic acids is 1. The number of fused-ring (bicyclic) bond motifs is 2. The molecule has 2 aromatic carbocycles. The quantitative estimate of drug-likeness (QED) is 0.731. The minimum absolute atomic E-state index is 0.153. The Kier molecular flexibility index (Phi) is 4.23.